The Morgan fingerprint density at radius 3 is 2.95 bits per heavy atom. The third-order valence-electron chi connectivity index (χ3n) is 3.61. The van der Waals surface area contributed by atoms with Crippen molar-refractivity contribution in [1.82, 2.24) is 15.0 Å². The molecule has 0 aliphatic carbocycles. The van der Waals surface area contributed by atoms with Crippen LogP contribution in [0.25, 0.3) is 0 Å². The van der Waals surface area contributed by atoms with Crippen LogP contribution in [0, 0.1) is 18.6 Å². The van der Waals surface area contributed by atoms with Gasteiger partial charge in [0, 0.05) is 25.1 Å². The van der Waals surface area contributed by atoms with E-state index in [1.165, 1.54) is 6.07 Å². The van der Waals surface area contributed by atoms with E-state index in [9.17, 15) is 13.9 Å². The summed E-state index contributed by atoms with van der Waals surface area (Å²) < 4.78 is 32.2. The van der Waals surface area contributed by atoms with E-state index in [1.54, 1.807) is 6.92 Å². The molecule has 0 spiro atoms. The first-order valence-electron chi connectivity index (χ1n) is 6.69. The second kappa shape index (κ2) is 5.50. The standard InChI is InChI=1S/C14H15F2N3O2/c1-8-17-14(18-21-8)7-19-6-10(20)5-13(19)11-4-9(15)2-3-12(11)16/h2-4,10,13,20H,5-7H2,1H3. The van der Waals surface area contributed by atoms with Crippen LogP contribution in [0.3, 0.4) is 0 Å². The largest absolute Gasteiger partial charge is 0.392 e. The van der Waals surface area contributed by atoms with Gasteiger partial charge in [-0.2, -0.15) is 4.98 Å². The molecule has 21 heavy (non-hydrogen) atoms. The Labute approximate surface area is 120 Å². The molecule has 1 saturated heterocycles. The normalized spacial score (nSPS) is 22.9. The minimum absolute atomic E-state index is 0.242. The first-order valence-corrected chi connectivity index (χ1v) is 6.69. The number of halogens is 2. The zero-order valence-corrected chi connectivity index (χ0v) is 11.5. The van der Waals surface area contributed by atoms with Crippen LogP contribution < -0.4 is 0 Å². The molecule has 1 fully saturated rings. The molecule has 1 aromatic carbocycles. The lowest BCUT2D eigenvalue weighted by Gasteiger charge is -2.23. The summed E-state index contributed by atoms with van der Waals surface area (Å²) in [5.41, 5.74) is 0.242. The highest BCUT2D eigenvalue weighted by Gasteiger charge is 2.34. The van der Waals surface area contributed by atoms with Gasteiger partial charge in [-0.3, -0.25) is 4.90 Å². The second-order valence-corrected chi connectivity index (χ2v) is 5.23. The summed E-state index contributed by atoms with van der Waals surface area (Å²) in [4.78, 5) is 5.92. The van der Waals surface area contributed by atoms with Gasteiger partial charge in [-0.15, -0.1) is 0 Å². The molecule has 0 saturated carbocycles. The lowest BCUT2D eigenvalue weighted by molar-refractivity contribution is 0.170. The van der Waals surface area contributed by atoms with E-state index < -0.39 is 23.8 Å². The predicted octanol–water partition coefficient (Wildman–Crippen LogP) is 1.96. The Morgan fingerprint density at radius 2 is 2.24 bits per heavy atom. The van der Waals surface area contributed by atoms with Crippen LogP contribution in [0.15, 0.2) is 22.7 Å². The minimum Gasteiger partial charge on any atom is -0.392 e. The number of rotatable bonds is 3. The van der Waals surface area contributed by atoms with Crippen molar-refractivity contribution in [3.8, 4) is 0 Å². The molecule has 2 heterocycles. The quantitative estimate of drug-likeness (QED) is 0.938. The van der Waals surface area contributed by atoms with Gasteiger partial charge in [0.25, 0.3) is 0 Å². The average molecular weight is 295 g/mol. The third-order valence-corrected chi connectivity index (χ3v) is 3.61. The van der Waals surface area contributed by atoms with Crippen molar-refractivity contribution in [1.29, 1.82) is 0 Å². The van der Waals surface area contributed by atoms with Crippen LogP contribution in [-0.2, 0) is 6.54 Å². The number of β-amino-alcohol motifs (C(OH)–C–C–N with tert-alkyl or cyclic N) is 1. The number of aliphatic hydroxyl groups is 1. The van der Waals surface area contributed by atoms with Crippen LogP contribution in [0.5, 0.6) is 0 Å². The van der Waals surface area contributed by atoms with Gasteiger partial charge in [0.1, 0.15) is 11.6 Å². The zero-order valence-electron chi connectivity index (χ0n) is 11.5. The highest BCUT2D eigenvalue weighted by Crippen LogP contribution is 2.34. The molecule has 1 aliphatic heterocycles. The number of benzene rings is 1. The van der Waals surface area contributed by atoms with E-state index >= 15 is 0 Å². The van der Waals surface area contributed by atoms with E-state index in [2.05, 4.69) is 10.1 Å². The summed E-state index contributed by atoms with van der Waals surface area (Å²) in [6, 6.07) is 2.95. The summed E-state index contributed by atoms with van der Waals surface area (Å²) in [7, 11) is 0. The second-order valence-electron chi connectivity index (χ2n) is 5.23. The number of aromatic nitrogens is 2. The van der Waals surface area contributed by atoms with Crippen molar-refractivity contribution >= 4 is 0 Å². The predicted molar refractivity (Wildman–Crippen MR) is 69.2 cm³/mol. The maximum atomic E-state index is 13.9. The Bertz CT molecular complexity index is 647. The maximum Gasteiger partial charge on any atom is 0.223 e. The summed E-state index contributed by atoms with van der Waals surface area (Å²) in [6.07, 6.45) is -0.248. The highest BCUT2D eigenvalue weighted by molar-refractivity contribution is 5.24. The molecule has 5 nitrogen and oxygen atoms in total. The van der Waals surface area contributed by atoms with E-state index in [0.29, 0.717) is 31.2 Å². The Hall–Kier alpha value is -1.86. The number of nitrogens with zero attached hydrogens (tertiary/aromatic N) is 3. The van der Waals surface area contributed by atoms with Crippen LogP contribution in [0.4, 0.5) is 8.78 Å². The topological polar surface area (TPSA) is 62.4 Å². The Balaban J connectivity index is 1.86. The number of aliphatic hydroxyl groups excluding tert-OH is 1. The summed E-state index contributed by atoms with van der Waals surface area (Å²) in [6.45, 7) is 2.35. The molecule has 2 unspecified atom stereocenters. The molecule has 0 amide bonds. The van der Waals surface area contributed by atoms with Gasteiger partial charge >= 0.3 is 0 Å². The van der Waals surface area contributed by atoms with Crippen LogP contribution >= 0.6 is 0 Å². The number of likely N-dealkylation sites (tertiary alicyclic amines) is 1. The van der Waals surface area contributed by atoms with E-state index in [4.69, 9.17) is 4.52 Å². The van der Waals surface area contributed by atoms with Crippen molar-refractivity contribution in [3.05, 3.63) is 47.1 Å². The highest BCUT2D eigenvalue weighted by atomic mass is 19.1. The third kappa shape index (κ3) is 2.93. The smallest absolute Gasteiger partial charge is 0.223 e. The molecule has 1 aromatic heterocycles. The summed E-state index contributed by atoms with van der Waals surface area (Å²) in [5, 5.41) is 13.6. The Morgan fingerprint density at radius 1 is 1.43 bits per heavy atom. The summed E-state index contributed by atoms with van der Waals surface area (Å²) in [5.74, 6) is -0.0745. The molecular weight excluding hydrogens is 280 g/mol. The summed E-state index contributed by atoms with van der Waals surface area (Å²) >= 11 is 0. The van der Waals surface area contributed by atoms with Gasteiger partial charge in [0.05, 0.1) is 12.6 Å². The molecule has 0 radical (unpaired) electrons. The van der Waals surface area contributed by atoms with E-state index in [-0.39, 0.29) is 5.56 Å². The van der Waals surface area contributed by atoms with Gasteiger partial charge in [0.2, 0.25) is 5.89 Å². The molecule has 1 N–H and O–H groups in total. The number of aryl methyl sites for hydroxylation is 1. The number of hydrogen-bond acceptors (Lipinski definition) is 5. The van der Waals surface area contributed by atoms with Crippen LogP contribution in [0.2, 0.25) is 0 Å². The molecule has 3 rings (SSSR count). The molecular formula is C14H15F2N3O2. The lowest BCUT2D eigenvalue weighted by atomic mass is 10.0. The Kier molecular flexibility index (Phi) is 3.69. The van der Waals surface area contributed by atoms with Gasteiger partial charge in [0.15, 0.2) is 5.82 Å². The van der Waals surface area contributed by atoms with Crippen LogP contribution in [0.1, 0.15) is 29.7 Å². The zero-order chi connectivity index (χ0) is 15.0. The average Bonchev–Trinajstić information content (AvgIpc) is 2.99. The van der Waals surface area contributed by atoms with Crippen molar-refractivity contribution in [3.63, 3.8) is 0 Å². The fourth-order valence-electron chi connectivity index (χ4n) is 2.73. The van der Waals surface area contributed by atoms with E-state index in [0.717, 1.165) is 12.1 Å². The number of hydrogen-bond donors (Lipinski definition) is 1. The van der Waals surface area contributed by atoms with E-state index in [1.807, 2.05) is 4.90 Å². The van der Waals surface area contributed by atoms with Crippen molar-refractivity contribution in [2.75, 3.05) is 6.54 Å². The molecule has 2 atom stereocenters. The first-order chi connectivity index (χ1) is 10.0. The van der Waals surface area contributed by atoms with Gasteiger partial charge < -0.3 is 9.63 Å². The fourth-order valence-corrected chi connectivity index (χ4v) is 2.73. The monoisotopic (exact) mass is 295 g/mol. The molecule has 112 valence electrons. The molecule has 1 aliphatic rings. The molecule has 7 heteroatoms. The minimum atomic E-state index is -0.592. The fraction of sp³-hybridized carbons (Fsp3) is 0.429. The van der Waals surface area contributed by atoms with Gasteiger partial charge in [-0.05, 0) is 24.6 Å². The molecule has 2 aromatic rings. The van der Waals surface area contributed by atoms with Gasteiger partial charge in [-0.1, -0.05) is 5.16 Å². The van der Waals surface area contributed by atoms with Crippen molar-refractivity contribution < 1.29 is 18.4 Å². The van der Waals surface area contributed by atoms with Crippen molar-refractivity contribution in [2.24, 2.45) is 0 Å². The lowest BCUT2D eigenvalue weighted by Crippen LogP contribution is -2.25. The molecule has 0 bridgehead atoms. The first kappa shape index (κ1) is 14.1. The maximum absolute atomic E-state index is 13.9. The van der Waals surface area contributed by atoms with Crippen LogP contribution in [-0.4, -0.2) is 32.8 Å². The van der Waals surface area contributed by atoms with Crippen molar-refractivity contribution in [2.45, 2.75) is 32.0 Å². The van der Waals surface area contributed by atoms with Gasteiger partial charge in [-0.25, -0.2) is 8.78 Å². The SMILES string of the molecule is Cc1nc(CN2CC(O)CC2c2cc(F)ccc2F)no1.